The molecule has 0 aromatic heterocycles. The zero-order valence-electron chi connectivity index (χ0n) is 12.6. The molecule has 24 heavy (non-hydrogen) atoms. The van der Waals surface area contributed by atoms with Crippen LogP contribution in [0.4, 0.5) is 23.7 Å². The molecule has 0 atom stereocenters. The first-order chi connectivity index (χ1) is 11.2. The van der Waals surface area contributed by atoms with Gasteiger partial charge in [-0.2, -0.15) is 0 Å². The number of amides is 2. The van der Waals surface area contributed by atoms with Gasteiger partial charge in [0.2, 0.25) is 0 Å². The average Bonchev–Trinajstić information content (AvgIpc) is 2.48. The molecule has 2 rings (SSSR count). The Kier molecular flexibility index (Phi) is 5.53. The molecule has 1 aliphatic carbocycles. The number of carbonyl (C=O) groups is 2. The lowest BCUT2D eigenvalue weighted by molar-refractivity contribution is -0.274. The fourth-order valence-electron chi connectivity index (χ4n) is 2.61. The van der Waals surface area contributed by atoms with E-state index in [9.17, 15) is 22.8 Å². The van der Waals surface area contributed by atoms with Crippen molar-refractivity contribution in [2.24, 2.45) is 5.92 Å². The Balaban J connectivity index is 1.90. The third-order valence-corrected chi connectivity index (χ3v) is 3.77. The second-order valence-corrected chi connectivity index (χ2v) is 5.53. The lowest BCUT2D eigenvalue weighted by Crippen LogP contribution is -2.41. The van der Waals surface area contributed by atoms with E-state index in [-0.39, 0.29) is 11.7 Å². The molecule has 1 fully saturated rings. The molecule has 0 saturated heterocycles. The first kappa shape index (κ1) is 17.9. The molecule has 0 aliphatic heterocycles. The number of rotatable bonds is 4. The molecular weight excluding hydrogens is 329 g/mol. The molecule has 0 bridgehead atoms. The number of anilines is 1. The van der Waals surface area contributed by atoms with Crippen molar-refractivity contribution in [3.63, 3.8) is 0 Å². The first-order valence-electron chi connectivity index (χ1n) is 7.39. The summed E-state index contributed by atoms with van der Waals surface area (Å²) in [5.74, 6) is -1.77. The number of halogens is 3. The van der Waals surface area contributed by atoms with E-state index in [2.05, 4.69) is 15.4 Å². The van der Waals surface area contributed by atoms with E-state index in [1.165, 1.54) is 18.2 Å². The molecule has 9 heteroatoms. The summed E-state index contributed by atoms with van der Waals surface area (Å²) < 4.78 is 40.9. The normalized spacial score (nSPS) is 21.0. The van der Waals surface area contributed by atoms with Crippen LogP contribution in [0, 0.1) is 5.92 Å². The molecule has 132 valence electrons. The van der Waals surface area contributed by atoms with Crippen molar-refractivity contribution in [3.8, 4) is 5.75 Å². The fraction of sp³-hybridized carbons (Fsp3) is 0.467. The molecule has 1 aromatic carbocycles. The number of carboxylic acid groups (broad SMARTS) is 1. The minimum atomic E-state index is -4.86. The summed E-state index contributed by atoms with van der Waals surface area (Å²) in [6.45, 7) is 0. The molecule has 0 unspecified atom stereocenters. The van der Waals surface area contributed by atoms with Gasteiger partial charge in [-0.15, -0.1) is 13.2 Å². The van der Waals surface area contributed by atoms with Crippen molar-refractivity contribution in [3.05, 3.63) is 24.3 Å². The maximum absolute atomic E-state index is 12.3. The average molecular weight is 346 g/mol. The van der Waals surface area contributed by atoms with Gasteiger partial charge in [0, 0.05) is 6.04 Å². The van der Waals surface area contributed by atoms with Gasteiger partial charge in [0.25, 0.3) is 0 Å². The predicted molar refractivity (Wildman–Crippen MR) is 78.7 cm³/mol. The molecule has 1 saturated carbocycles. The molecule has 2 amide bonds. The Morgan fingerprint density at radius 3 is 2.33 bits per heavy atom. The predicted octanol–water partition coefficient (Wildman–Crippen LogP) is 3.35. The van der Waals surface area contributed by atoms with E-state index in [0.29, 0.717) is 25.7 Å². The number of hydrogen-bond donors (Lipinski definition) is 3. The number of alkyl halides is 3. The number of urea groups is 1. The van der Waals surface area contributed by atoms with Gasteiger partial charge in [-0.25, -0.2) is 4.79 Å². The van der Waals surface area contributed by atoms with Gasteiger partial charge in [-0.1, -0.05) is 12.1 Å². The standard InChI is InChI=1S/C15H17F3N2O4/c16-15(17,18)24-12-4-2-1-3-11(12)20-14(23)19-10-7-5-9(6-8-10)13(21)22/h1-4,9-10H,5-8H2,(H,21,22)(H2,19,20,23). The molecule has 0 heterocycles. The van der Waals surface area contributed by atoms with Crippen LogP contribution in [-0.4, -0.2) is 29.5 Å². The Bertz CT molecular complexity index is 599. The van der Waals surface area contributed by atoms with Gasteiger partial charge in [0.05, 0.1) is 11.6 Å². The molecule has 0 radical (unpaired) electrons. The minimum absolute atomic E-state index is 0.105. The number of carbonyl (C=O) groups excluding carboxylic acids is 1. The fourth-order valence-corrected chi connectivity index (χ4v) is 2.61. The lowest BCUT2D eigenvalue weighted by atomic mass is 9.86. The number of para-hydroxylation sites is 2. The molecule has 1 aromatic rings. The van der Waals surface area contributed by atoms with Crippen LogP contribution >= 0.6 is 0 Å². The van der Waals surface area contributed by atoms with Crippen molar-refractivity contribution < 1.29 is 32.6 Å². The van der Waals surface area contributed by atoms with Crippen LogP contribution in [-0.2, 0) is 4.79 Å². The largest absolute Gasteiger partial charge is 0.573 e. The second kappa shape index (κ2) is 7.41. The van der Waals surface area contributed by atoms with E-state index in [4.69, 9.17) is 5.11 Å². The quantitative estimate of drug-likeness (QED) is 0.780. The van der Waals surface area contributed by atoms with Crippen LogP contribution in [0.1, 0.15) is 25.7 Å². The summed E-state index contributed by atoms with van der Waals surface area (Å²) >= 11 is 0. The highest BCUT2D eigenvalue weighted by Gasteiger charge is 2.32. The van der Waals surface area contributed by atoms with E-state index in [1.54, 1.807) is 0 Å². The van der Waals surface area contributed by atoms with Crippen LogP contribution in [0.15, 0.2) is 24.3 Å². The van der Waals surface area contributed by atoms with E-state index in [0.717, 1.165) is 6.07 Å². The third kappa shape index (κ3) is 5.32. The highest BCUT2D eigenvalue weighted by atomic mass is 19.4. The number of carboxylic acids is 1. The van der Waals surface area contributed by atoms with Crippen LogP contribution in [0.2, 0.25) is 0 Å². The molecular formula is C15H17F3N2O4. The molecule has 6 nitrogen and oxygen atoms in total. The summed E-state index contributed by atoms with van der Waals surface area (Å²) in [4.78, 5) is 22.8. The molecule has 3 N–H and O–H groups in total. The summed E-state index contributed by atoms with van der Waals surface area (Å²) in [6, 6.07) is 4.35. The van der Waals surface area contributed by atoms with Crippen LogP contribution in [0.25, 0.3) is 0 Å². The third-order valence-electron chi connectivity index (χ3n) is 3.77. The van der Waals surface area contributed by atoms with E-state index < -0.39 is 30.0 Å². The van der Waals surface area contributed by atoms with Gasteiger partial charge >= 0.3 is 18.4 Å². The van der Waals surface area contributed by atoms with Crippen molar-refractivity contribution in [1.82, 2.24) is 5.32 Å². The number of aliphatic carboxylic acids is 1. The van der Waals surface area contributed by atoms with E-state index in [1.807, 2.05) is 0 Å². The monoisotopic (exact) mass is 346 g/mol. The highest BCUT2D eigenvalue weighted by molar-refractivity contribution is 5.91. The number of hydrogen-bond acceptors (Lipinski definition) is 3. The number of ether oxygens (including phenoxy) is 1. The topological polar surface area (TPSA) is 87.7 Å². The maximum Gasteiger partial charge on any atom is 0.573 e. The highest BCUT2D eigenvalue weighted by Crippen LogP contribution is 2.30. The number of benzene rings is 1. The van der Waals surface area contributed by atoms with Crippen LogP contribution in [0.5, 0.6) is 5.75 Å². The molecule has 0 spiro atoms. The second-order valence-electron chi connectivity index (χ2n) is 5.53. The summed E-state index contributed by atoms with van der Waals surface area (Å²) in [7, 11) is 0. The Morgan fingerprint density at radius 1 is 1.12 bits per heavy atom. The van der Waals surface area contributed by atoms with Crippen molar-refractivity contribution in [2.45, 2.75) is 38.1 Å². The first-order valence-corrected chi connectivity index (χ1v) is 7.39. The zero-order valence-corrected chi connectivity index (χ0v) is 12.6. The number of nitrogens with one attached hydrogen (secondary N) is 2. The van der Waals surface area contributed by atoms with Crippen LogP contribution in [0.3, 0.4) is 0 Å². The maximum atomic E-state index is 12.3. The van der Waals surface area contributed by atoms with Gasteiger partial charge < -0.3 is 20.5 Å². The summed E-state index contributed by atoms with van der Waals surface area (Å²) in [6.07, 6.45) is -2.94. The summed E-state index contributed by atoms with van der Waals surface area (Å²) in [5.41, 5.74) is -0.105. The smallest absolute Gasteiger partial charge is 0.481 e. The van der Waals surface area contributed by atoms with Gasteiger partial charge in [0.15, 0.2) is 5.75 Å². The van der Waals surface area contributed by atoms with E-state index >= 15 is 0 Å². The van der Waals surface area contributed by atoms with Gasteiger partial charge in [0.1, 0.15) is 0 Å². The lowest BCUT2D eigenvalue weighted by Gasteiger charge is -2.27. The van der Waals surface area contributed by atoms with Gasteiger partial charge in [-0.05, 0) is 37.8 Å². The van der Waals surface area contributed by atoms with Crippen LogP contribution < -0.4 is 15.4 Å². The minimum Gasteiger partial charge on any atom is -0.481 e. The van der Waals surface area contributed by atoms with Crippen molar-refractivity contribution in [1.29, 1.82) is 0 Å². The molecule has 1 aliphatic rings. The zero-order chi connectivity index (χ0) is 17.7. The van der Waals surface area contributed by atoms with Gasteiger partial charge in [-0.3, -0.25) is 4.79 Å². The Hall–Kier alpha value is -2.45. The Labute approximate surface area is 136 Å². The Morgan fingerprint density at radius 2 is 1.75 bits per heavy atom. The SMILES string of the molecule is O=C(Nc1ccccc1OC(F)(F)F)NC1CCC(C(=O)O)CC1. The summed E-state index contributed by atoms with van der Waals surface area (Å²) in [5, 5.41) is 13.9. The van der Waals surface area contributed by atoms with Crippen molar-refractivity contribution in [2.75, 3.05) is 5.32 Å². The van der Waals surface area contributed by atoms with Crippen molar-refractivity contribution >= 4 is 17.7 Å².